The number of anilines is 2. The molecule has 3 aromatic rings. The van der Waals surface area contributed by atoms with Gasteiger partial charge in [0.15, 0.2) is 0 Å². The first-order chi connectivity index (χ1) is 13.6. The Morgan fingerprint density at radius 3 is 2.14 bits per heavy atom. The number of rotatable bonds is 5. The molecule has 0 fully saturated rings. The molecule has 8 heteroatoms. The van der Waals surface area contributed by atoms with Crippen LogP contribution in [0, 0.1) is 19.7 Å². The molecule has 0 heterocycles. The fourth-order valence-electron chi connectivity index (χ4n) is 2.81. The molecule has 0 aromatic heterocycles. The quantitative estimate of drug-likeness (QED) is 0.585. The van der Waals surface area contributed by atoms with Crippen LogP contribution in [0.2, 0.25) is 5.02 Å². The van der Waals surface area contributed by atoms with Crippen LogP contribution in [0.15, 0.2) is 65.6 Å². The number of hydrogen-bond donors (Lipinski definition) is 2. The van der Waals surface area contributed by atoms with Crippen LogP contribution in [0.4, 0.5) is 15.8 Å². The molecule has 0 aliphatic rings. The van der Waals surface area contributed by atoms with Gasteiger partial charge in [0.05, 0.1) is 10.6 Å². The molecule has 3 rings (SSSR count). The number of carbonyl (C=O) groups is 1. The van der Waals surface area contributed by atoms with E-state index in [4.69, 9.17) is 11.6 Å². The van der Waals surface area contributed by atoms with Gasteiger partial charge in [-0.3, -0.25) is 9.52 Å². The van der Waals surface area contributed by atoms with Crippen LogP contribution in [0.1, 0.15) is 21.5 Å². The van der Waals surface area contributed by atoms with Gasteiger partial charge in [-0.2, -0.15) is 0 Å². The Hall–Kier alpha value is -2.90. The highest BCUT2D eigenvalue weighted by molar-refractivity contribution is 7.92. The number of benzene rings is 3. The zero-order valence-corrected chi connectivity index (χ0v) is 17.2. The van der Waals surface area contributed by atoms with Crippen LogP contribution in [-0.2, 0) is 10.0 Å². The number of hydrogen-bond acceptors (Lipinski definition) is 3. The summed E-state index contributed by atoms with van der Waals surface area (Å²) in [5, 5.41) is 2.89. The van der Waals surface area contributed by atoms with Crippen molar-refractivity contribution in [3.8, 4) is 0 Å². The van der Waals surface area contributed by atoms with Crippen LogP contribution in [-0.4, -0.2) is 14.3 Å². The molecule has 0 aliphatic heterocycles. The maximum Gasteiger partial charge on any atom is 0.261 e. The number of sulfonamides is 1. The van der Waals surface area contributed by atoms with E-state index >= 15 is 0 Å². The van der Waals surface area contributed by atoms with Crippen molar-refractivity contribution in [1.82, 2.24) is 0 Å². The molecule has 3 aromatic carbocycles. The van der Waals surface area contributed by atoms with Crippen LogP contribution >= 0.6 is 11.6 Å². The molecule has 0 saturated carbocycles. The second-order valence-corrected chi connectivity index (χ2v) is 8.70. The summed E-state index contributed by atoms with van der Waals surface area (Å²) < 4.78 is 42.1. The predicted octanol–water partition coefficient (Wildman–Crippen LogP) is 5.15. The highest BCUT2D eigenvalue weighted by atomic mass is 35.5. The second kappa shape index (κ2) is 8.23. The Labute approximate surface area is 173 Å². The Balaban J connectivity index is 1.80. The average molecular weight is 433 g/mol. The van der Waals surface area contributed by atoms with E-state index in [-0.39, 0.29) is 10.6 Å². The first-order valence-electron chi connectivity index (χ1n) is 8.62. The molecule has 2 N–H and O–H groups in total. The summed E-state index contributed by atoms with van der Waals surface area (Å²) in [4.78, 5) is 12.0. The fourth-order valence-corrected chi connectivity index (χ4v) is 3.99. The normalized spacial score (nSPS) is 11.2. The van der Waals surface area contributed by atoms with Crippen LogP contribution in [0.5, 0.6) is 0 Å². The third kappa shape index (κ3) is 5.13. The fraction of sp³-hybridized carbons (Fsp3) is 0.0952. The number of amides is 1. The molecule has 0 aliphatic carbocycles. The number of aryl methyl sites for hydroxylation is 2. The van der Waals surface area contributed by atoms with Crippen LogP contribution < -0.4 is 10.0 Å². The summed E-state index contributed by atoms with van der Waals surface area (Å²) in [6.07, 6.45) is 0. The highest BCUT2D eigenvalue weighted by Gasteiger charge is 2.18. The van der Waals surface area contributed by atoms with E-state index in [0.29, 0.717) is 16.3 Å². The van der Waals surface area contributed by atoms with Crippen LogP contribution in [0.25, 0.3) is 0 Å². The lowest BCUT2D eigenvalue weighted by Crippen LogP contribution is -2.15. The first kappa shape index (κ1) is 20.8. The maximum atomic E-state index is 14.5. The van der Waals surface area contributed by atoms with Gasteiger partial charge in [-0.15, -0.1) is 0 Å². The van der Waals surface area contributed by atoms with E-state index in [2.05, 4.69) is 10.0 Å². The monoisotopic (exact) mass is 432 g/mol. The second-order valence-electron chi connectivity index (χ2n) is 6.58. The van der Waals surface area contributed by atoms with Gasteiger partial charge >= 0.3 is 0 Å². The van der Waals surface area contributed by atoms with Gasteiger partial charge < -0.3 is 5.32 Å². The van der Waals surface area contributed by atoms with E-state index in [0.717, 1.165) is 17.2 Å². The van der Waals surface area contributed by atoms with Gasteiger partial charge in [0.1, 0.15) is 5.82 Å². The maximum absolute atomic E-state index is 14.5. The van der Waals surface area contributed by atoms with Gasteiger partial charge in [-0.05, 0) is 79.6 Å². The molecular weight excluding hydrogens is 415 g/mol. The summed E-state index contributed by atoms with van der Waals surface area (Å²) in [6, 6.07) is 14.7. The minimum absolute atomic E-state index is 0.129. The van der Waals surface area contributed by atoms with Crippen molar-refractivity contribution in [2.24, 2.45) is 0 Å². The summed E-state index contributed by atoms with van der Waals surface area (Å²) >= 11 is 5.78. The lowest BCUT2D eigenvalue weighted by molar-refractivity contribution is 0.102. The van der Waals surface area contributed by atoms with Gasteiger partial charge in [-0.25, -0.2) is 12.8 Å². The standard InChI is InChI=1S/C21H18ClFN2O3S/c1-13-9-14(2)11-17(10-13)25-29(27,28)18-7-8-20(19(23)12-18)24-21(26)15-3-5-16(22)6-4-15/h3-12,25H,1-2H3,(H,24,26). The van der Waals surface area contributed by atoms with Crippen molar-refractivity contribution in [2.45, 2.75) is 18.7 Å². The molecule has 0 atom stereocenters. The van der Waals surface area contributed by atoms with Crippen molar-refractivity contribution >= 4 is 38.9 Å². The van der Waals surface area contributed by atoms with E-state index in [1.54, 1.807) is 24.3 Å². The summed E-state index contributed by atoms with van der Waals surface area (Å²) in [5.74, 6) is -1.40. The van der Waals surface area contributed by atoms with Crippen molar-refractivity contribution in [3.05, 3.63) is 88.2 Å². The van der Waals surface area contributed by atoms with Crippen molar-refractivity contribution in [3.63, 3.8) is 0 Å². The molecule has 0 spiro atoms. The predicted molar refractivity (Wildman–Crippen MR) is 113 cm³/mol. The molecule has 0 bridgehead atoms. The molecule has 0 radical (unpaired) electrons. The molecule has 0 saturated heterocycles. The smallest absolute Gasteiger partial charge is 0.261 e. The van der Waals surface area contributed by atoms with E-state index in [1.807, 2.05) is 19.9 Å². The summed E-state index contributed by atoms with van der Waals surface area (Å²) in [5.41, 5.74) is 2.35. The van der Waals surface area contributed by atoms with E-state index in [9.17, 15) is 17.6 Å². The van der Waals surface area contributed by atoms with Crippen molar-refractivity contribution in [2.75, 3.05) is 10.0 Å². The summed E-state index contributed by atoms with van der Waals surface area (Å²) in [6.45, 7) is 3.70. The van der Waals surface area contributed by atoms with Gasteiger partial charge in [-0.1, -0.05) is 17.7 Å². The zero-order chi connectivity index (χ0) is 21.2. The third-order valence-electron chi connectivity index (χ3n) is 4.08. The largest absolute Gasteiger partial charge is 0.319 e. The average Bonchev–Trinajstić information content (AvgIpc) is 2.62. The molecule has 1 amide bonds. The topological polar surface area (TPSA) is 75.3 Å². The zero-order valence-electron chi connectivity index (χ0n) is 15.7. The molecular formula is C21H18ClFN2O3S. The van der Waals surface area contributed by atoms with Crippen LogP contribution in [0.3, 0.4) is 0 Å². The Kier molecular flexibility index (Phi) is 5.91. The first-order valence-corrected chi connectivity index (χ1v) is 10.5. The minimum Gasteiger partial charge on any atom is -0.319 e. The highest BCUT2D eigenvalue weighted by Crippen LogP contribution is 2.23. The Bertz CT molecular complexity index is 1160. The molecule has 5 nitrogen and oxygen atoms in total. The van der Waals surface area contributed by atoms with Crippen molar-refractivity contribution < 1.29 is 17.6 Å². The summed E-state index contributed by atoms with van der Waals surface area (Å²) in [7, 11) is -3.99. The molecule has 150 valence electrons. The lowest BCUT2D eigenvalue weighted by Gasteiger charge is -2.12. The Morgan fingerprint density at radius 2 is 1.55 bits per heavy atom. The van der Waals surface area contributed by atoms with Gasteiger partial charge in [0.25, 0.3) is 15.9 Å². The van der Waals surface area contributed by atoms with Gasteiger partial charge in [0.2, 0.25) is 0 Å². The number of halogens is 2. The van der Waals surface area contributed by atoms with E-state index in [1.165, 1.54) is 24.3 Å². The Morgan fingerprint density at radius 1 is 0.931 bits per heavy atom. The van der Waals surface area contributed by atoms with E-state index < -0.39 is 21.7 Å². The SMILES string of the molecule is Cc1cc(C)cc(NS(=O)(=O)c2ccc(NC(=O)c3ccc(Cl)cc3)c(F)c2)c1. The minimum atomic E-state index is -3.99. The van der Waals surface area contributed by atoms with Gasteiger partial charge in [0, 0.05) is 16.3 Å². The third-order valence-corrected chi connectivity index (χ3v) is 5.71. The molecule has 29 heavy (non-hydrogen) atoms. The lowest BCUT2D eigenvalue weighted by atomic mass is 10.1. The number of carbonyl (C=O) groups excluding carboxylic acids is 1. The number of nitrogens with one attached hydrogen (secondary N) is 2. The molecule has 0 unspecified atom stereocenters. The van der Waals surface area contributed by atoms with Crippen molar-refractivity contribution in [1.29, 1.82) is 0 Å².